The Kier molecular flexibility index (Phi) is 9.40. The van der Waals surface area contributed by atoms with Crippen molar-refractivity contribution in [1.29, 1.82) is 5.26 Å². The lowest BCUT2D eigenvalue weighted by Crippen LogP contribution is -2.37. The van der Waals surface area contributed by atoms with E-state index in [-0.39, 0.29) is 5.91 Å². The van der Waals surface area contributed by atoms with Crippen LogP contribution in [0, 0.1) is 11.3 Å². The SMILES string of the molecule is C[N+](C)(C)c1ccc(CNC(=O)c2cc3cc(Br)ccc3n2Cc2cccc(C#N)c2)cc1.O=C([O-])C(F)(F)F. The number of aromatic nitrogens is 1. The molecular weight excluding hydrogens is 589 g/mol. The predicted octanol–water partition coefficient (Wildman–Crippen LogP) is 4.75. The first-order chi connectivity index (χ1) is 18.7. The first-order valence-electron chi connectivity index (χ1n) is 11.9. The molecule has 3 aromatic carbocycles. The third-order valence-corrected chi connectivity index (χ3v) is 6.38. The topological polar surface area (TPSA) is 98.0 Å². The molecule has 7 nitrogen and oxygen atoms in total. The molecule has 0 aliphatic carbocycles. The Labute approximate surface area is 237 Å². The molecule has 0 bridgehead atoms. The van der Waals surface area contributed by atoms with Gasteiger partial charge in [-0.3, -0.25) is 9.28 Å². The summed E-state index contributed by atoms with van der Waals surface area (Å²) in [6, 6.07) is 25.9. The number of carbonyl (C=O) groups is 2. The number of amides is 1. The summed E-state index contributed by atoms with van der Waals surface area (Å²) in [4.78, 5) is 22.0. The summed E-state index contributed by atoms with van der Waals surface area (Å²) in [6.07, 6.45) is -5.19. The van der Waals surface area contributed by atoms with Crippen LogP contribution < -0.4 is 14.9 Å². The monoisotopic (exact) mass is 614 g/mol. The number of carboxylic acid groups (broad SMARTS) is 1. The van der Waals surface area contributed by atoms with Crippen molar-refractivity contribution in [1.82, 2.24) is 14.4 Å². The highest BCUT2D eigenvalue weighted by molar-refractivity contribution is 9.10. The summed E-state index contributed by atoms with van der Waals surface area (Å²) < 4.78 is 35.3. The van der Waals surface area contributed by atoms with Crippen LogP contribution in [0.15, 0.2) is 77.3 Å². The largest absolute Gasteiger partial charge is 0.542 e. The van der Waals surface area contributed by atoms with Gasteiger partial charge in [0, 0.05) is 28.5 Å². The molecule has 1 heterocycles. The van der Waals surface area contributed by atoms with Crippen LogP contribution in [0.25, 0.3) is 10.9 Å². The number of hydrogen-bond acceptors (Lipinski definition) is 4. The van der Waals surface area contributed by atoms with E-state index in [1.807, 2.05) is 47.0 Å². The number of benzene rings is 3. The molecule has 0 saturated carbocycles. The Morgan fingerprint density at radius 1 is 1.00 bits per heavy atom. The van der Waals surface area contributed by atoms with E-state index < -0.39 is 12.1 Å². The first-order valence-corrected chi connectivity index (χ1v) is 12.7. The van der Waals surface area contributed by atoms with Crippen molar-refractivity contribution in [2.24, 2.45) is 0 Å². The Bertz CT molecular complexity index is 1570. The van der Waals surface area contributed by atoms with Crippen molar-refractivity contribution in [2.75, 3.05) is 21.1 Å². The van der Waals surface area contributed by atoms with E-state index in [0.717, 1.165) is 31.0 Å². The van der Waals surface area contributed by atoms with Crippen LogP contribution in [0.2, 0.25) is 0 Å². The number of alkyl halides is 3. The third kappa shape index (κ3) is 7.94. The molecule has 0 unspecified atom stereocenters. The molecule has 0 radical (unpaired) electrons. The van der Waals surface area contributed by atoms with E-state index in [0.29, 0.717) is 24.3 Å². The Morgan fingerprint density at radius 2 is 1.65 bits per heavy atom. The van der Waals surface area contributed by atoms with Gasteiger partial charge < -0.3 is 19.8 Å². The van der Waals surface area contributed by atoms with E-state index in [1.54, 1.807) is 6.07 Å². The Balaban J connectivity index is 0.000000559. The number of halogens is 4. The molecule has 11 heteroatoms. The summed E-state index contributed by atoms with van der Waals surface area (Å²) in [6.45, 7) is 0.951. The molecule has 0 fully saturated rings. The quantitative estimate of drug-likeness (QED) is 0.317. The Hall–Kier alpha value is -4.14. The van der Waals surface area contributed by atoms with E-state index in [4.69, 9.17) is 9.90 Å². The average Bonchev–Trinajstić information content (AvgIpc) is 3.24. The van der Waals surface area contributed by atoms with Crippen LogP contribution in [0.5, 0.6) is 0 Å². The second-order valence-electron chi connectivity index (χ2n) is 9.78. The highest BCUT2D eigenvalue weighted by Gasteiger charge is 2.28. The fourth-order valence-electron chi connectivity index (χ4n) is 3.86. The van der Waals surface area contributed by atoms with Crippen molar-refractivity contribution < 1.29 is 27.9 Å². The third-order valence-electron chi connectivity index (χ3n) is 5.89. The number of hydrogen-bond donors (Lipinski definition) is 1. The summed E-state index contributed by atoms with van der Waals surface area (Å²) >= 11 is 3.52. The molecule has 208 valence electrons. The number of carboxylic acids is 1. The van der Waals surface area contributed by atoms with Crippen LogP contribution in [-0.4, -0.2) is 43.8 Å². The van der Waals surface area contributed by atoms with Crippen molar-refractivity contribution >= 4 is 44.4 Å². The number of nitrogens with one attached hydrogen (secondary N) is 1. The van der Waals surface area contributed by atoms with Gasteiger partial charge in [-0.15, -0.1) is 0 Å². The van der Waals surface area contributed by atoms with Gasteiger partial charge in [-0.05, 0) is 59.7 Å². The van der Waals surface area contributed by atoms with Crippen molar-refractivity contribution in [3.05, 3.63) is 99.7 Å². The van der Waals surface area contributed by atoms with Crippen LogP contribution >= 0.6 is 15.9 Å². The van der Waals surface area contributed by atoms with Gasteiger partial charge in [-0.2, -0.15) is 18.4 Å². The van der Waals surface area contributed by atoms with Gasteiger partial charge in [-0.25, -0.2) is 0 Å². The number of fused-ring (bicyclic) bond motifs is 1. The van der Waals surface area contributed by atoms with Gasteiger partial charge in [-0.1, -0.05) is 40.2 Å². The molecule has 0 aliphatic heterocycles. The maximum Gasteiger partial charge on any atom is 0.430 e. The second-order valence-corrected chi connectivity index (χ2v) is 10.7. The number of rotatable bonds is 6. The fourth-order valence-corrected chi connectivity index (χ4v) is 4.23. The highest BCUT2D eigenvalue weighted by Crippen LogP contribution is 2.25. The number of carbonyl (C=O) groups excluding carboxylic acids is 2. The molecule has 0 spiro atoms. The molecule has 0 saturated heterocycles. The zero-order valence-electron chi connectivity index (χ0n) is 21.9. The van der Waals surface area contributed by atoms with Crippen LogP contribution in [0.3, 0.4) is 0 Å². The smallest absolute Gasteiger partial charge is 0.430 e. The lowest BCUT2D eigenvalue weighted by Gasteiger charge is -2.23. The normalized spacial score (nSPS) is 11.3. The van der Waals surface area contributed by atoms with Crippen molar-refractivity contribution in [2.45, 2.75) is 19.3 Å². The number of nitriles is 1. The van der Waals surface area contributed by atoms with Crippen molar-refractivity contribution in [3.63, 3.8) is 0 Å². The molecule has 4 aromatic rings. The molecule has 4 rings (SSSR count). The zero-order valence-corrected chi connectivity index (χ0v) is 23.5. The number of nitrogens with zero attached hydrogens (tertiary/aromatic N) is 3. The standard InChI is InChI=1S/C27H25BrN4O.C2HF3O2/c1-32(2,3)24-10-7-19(8-11-24)17-30-27(33)26-15-22-14-23(28)9-12-25(22)31(26)18-21-6-4-5-20(13-21)16-29;3-2(4,5)1(6)7/h4-15H,17-18H2,1-3H3;(H,6,7). The van der Waals surface area contributed by atoms with Crippen molar-refractivity contribution in [3.8, 4) is 6.07 Å². The highest BCUT2D eigenvalue weighted by atomic mass is 79.9. The van der Waals surface area contributed by atoms with E-state index in [9.17, 15) is 23.2 Å². The lowest BCUT2D eigenvalue weighted by molar-refractivity contribution is -0.344. The van der Waals surface area contributed by atoms with Gasteiger partial charge in [0.15, 0.2) is 0 Å². The molecule has 1 amide bonds. The molecular formula is C29H26BrF3N4O3. The lowest BCUT2D eigenvalue weighted by atomic mass is 10.1. The zero-order chi connectivity index (χ0) is 29.7. The fraction of sp³-hybridized carbons (Fsp3) is 0.207. The summed E-state index contributed by atoms with van der Waals surface area (Å²) in [7, 11) is 6.38. The minimum Gasteiger partial charge on any atom is -0.542 e. The van der Waals surface area contributed by atoms with Crippen LogP contribution in [-0.2, 0) is 17.9 Å². The minimum atomic E-state index is -5.19. The molecule has 1 aromatic heterocycles. The second kappa shape index (κ2) is 12.4. The summed E-state index contributed by atoms with van der Waals surface area (Å²) in [5.74, 6) is -3.14. The van der Waals surface area contributed by atoms with Crippen LogP contribution in [0.4, 0.5) is 18.9 Å². The molecule has 0 aliphatic rings. The maximum atomic E-state index is 13.2. The predicted molar refractivity (Wildman–Crippen MR) is 148 cm³/mol. The van der Waals surface area contributed by atoms with Gasteiger partial charge in [0.2, 0.25) is 0 Å². The molecule has 1 N–H and O–H groups in total. The van der Waals surface area contributed by atoms with Gasteiger partial charge in [0.05, 0.1) is 32.8 Å². The molecule has 40 heavy (non-hydrogen) atoms. The van der Waals surface area contributed by atoms with Gasteiger partial charge in [0.1, 0.15) is 17.4 Å². The summed E-state index contributed by atoms with van der Waals surface area (Å²) in [5.41, 5.74) is 5.39. The van der Waals surface area contributed by atoms with Gasteiger partial charge >= 0.3 is 6.18 Å². The minimum absolute atomic E-state index is 0.130. The van der Waals surface area contributed by atoms with E-state index >= 15 is 0 Å². The summed E-state index contributed by atoms with van der Waals surface area (Å²) in [5, 5.41) is 22.1. The van der Waals surface area contributed by atoms with E-state index in [1.165, 1.54) is 5.69 Å². The molecule has 0 atom stereocenters. The van der Waals surface area contributed by atoms with E-state index in [2.05, 4.69) is 72.7 Å². The van der Waals surface area contributed by atoms with Gasteiger partial charge in [0.25, 0.3) is 5.91 Å². The number of aliphatic carboxylic acids is 1. The first kappa shape index (κ1) is 30.4. The number of quaternary nitrogens is 1. The maximum absolute atomic E-state index is 13.2. The average molecular weight is 615 g/mol. The van der Waals surface area contributed by atoms with Crippen LogP contribution in [0.1, 0.15) is 27.2 Å². The Morgan fingerprint density at radius 3 is 2.23 bits per heavy atom.